The van der Waals surface area contributed by atoms with E-state index in [0.717, 1.165) is 11.1 Å². The summed E-state index contributed by atoms with van der Waals surface area (Å²) < 4.78 is 4.69. The van der Waals surface area contributed by atoms with Gasteiger partial charge in [-0.2, -0.15) is 5.26 Å². The Kier molecular flexibility index (Phi) is 3.07. The highest BCUT2D eigenvalue weighted by Gasteiger charge is 2.72. The first-order valence-corrected chi connectivity index (χ1v) is 5.51. The second-order valence-corrected chi connectivity index (χ2v) is 4.19. The molecule has 1 aromatic carbocycles. The van der Waals surface area contributed by atoms with Crippen LogP contribution in [0.1, 0.15) is 17.2 Å². The molecular weight excluding hydrogens is 232 g/mol. The first-order chi connectivity index (χ1) is 8.61. The van der Waals surface area contributed by atoms with Gasteiger partial charge in [0, 0.05) is 0 Å². The Labute approximate surface area is 105 Å². The van der Waals surface area contributed by atoms with Gasteiger partial charge in [-0.3, -0.25) is 4.84 Å². The van der Waals surface area contributed by atoms with E-state index in [2.05, 4.69) is 0 Å². The maximum absolute atomic E-state index is 11.8. The van der Waals surface area contributed by atoms with Gasteiger partial charge in [-0.25, -0.2) is 4.79 Å². The summed E-state index contributed by atoms with van der Waals surface area (Å²) >= 11 is 0. The fourth-order valence-corrected chi connectivity index (χ4v) is 2.16. The maximum atomic E-state index is 11.8. The molecule has 5 heteroatoms. The van der Waals surface area contributed by atoms with E-state index in [1.54, 1.807) is 0 Å². The Morgan fingerprint density at radius 2 is 2.00 bits per heavy atom. The number of nitrogens with zero attached hydrogens (tertiary/aromatic N) is 2. The van der Waals surface area contributed by atoms with Crippen LogP contribution in [0.4, 0.5) is 0 Å². The summed E-state index contributed by atoms with van der Waals surface area (Å²) in [5.74, 6) is -0.600. The fraction of sp³-hybridized carbons (Fsp3) is 0.385. The van der Waals surface area contributed by atoms with Gasteiger partial charge in [-0.15, -0.1) is 5.06 Å². The van der Waals surface area contributed by atoms with Crippen molar-refractivity contribution in [1.29, 1.82) is 5.26 Å². The molecular formula is C13H14N2O3. The Balaban J connectivity index is 2.37. The van der Waals surface area contributed by atoms with Crippen LogP contribution >= 0.6 is 0 Å². The Morgan fingerprint density at radius 3 is 2.44 bits per heavy atom. The van der Waals surface area contributed by atoms with Crippen molar-refractivity contribution in [3.63, 3.8) is 0 Å². The zero-order valence-electron chi connectivity index (χ0n) is 10.5. The molecule has 0 radical (unpaired) electrons. The van der Waals surface area contributed by atoms with Crippen molar-refractivity contribution in [3.05, 3.63) is 35.4 Å². The second kappa shape index (κ2) is 4.41. The zero-order valence-corrected chi connectivity index (χ0v) is 10.5. The first kappa shape index (κ1) is 12.6. The monoisotopic (exact) mass is 246 g/mol. The highest BCUT2D eigenvalue weighted by Crippen LogP contribution is 2.53. The van der Waals surface area contributed by atoms with E-state index in [1.165, 1.54) is 19.3 Å². The summed E-state index contributed by atoms with van der Waals surface area (Å²) in [4.78, 5) is 16.9. The Morgan fingerprint density at radius 1 is 1.39 bits per heavy atom. The van der Waals surface area contributed by atoms with Crippen LogP contribution < -0.4 is 0 Å². The van der Waals surface area contributed by atoms with E-state index in [1.807, 2.05) is 37.3 Å². The minimum atomic E-state index is -1.36. The molecule has 0 amide bonds. The summed E-state index contributed by atoms with van der Waals surface area (Å²) in [5, 5.41) is 10.6. The van der Waals surface area contributed by atoms with Crippen molar-refractivity contribution in [2.45, 2.75) is 18.5 Å². The molecule has 0 N–H and O–H groups in total. The number of hydroxylamine groups is 2. The van der Waals surface area contributed by atoms with Gasteiger partial charge in [-0.05, 0) is 12.5 Å². The van der Waals surface area contributed by atoms with Crippen LogP contribution in [-0.2, 0) is 14.4 Å². The lowest BCUT2D eigenvalue weighted by atomic mass is 10.00. The number of carbonyl (C=O) groups excluding carboxylic acids is 1. The largest absolute Gasteiger partial charge is 0.467 e. The normalized spacial score (nSPS) is 29.4. The van der Waals surface area contributed by atoms with Crippen molar-refractivity contribution >= 4 is 5.97 Å². The van der Waals surface area contributed by atoms with Crippen molar-refractivity contribution in [2.75, 3.05) is 14.2 Å². The number of benzene rings is 1. The molecule has 3 atom stereocenters. The molecule has 1 heterocycles. The third-order valence-corrected chi connectivity index (χ3v) is 3.17. The fourth-order valence-electron chi connectivity index (χ4n) is 2.16. The number of hydrogen-bond acceptors (Lipinski definition) is 5. The summed E-state index contributed by atoms with van der Waals surface area (Å²) in [7, 11) is 2.70. The zero-order chi connectivity index (χ0) is 13.3. The molecule has 94 valence electrons. The molecule has 2 rings (SSSR count). The van der Waals surface area contributed by atoms with E-state index in [0.29, 0.717) is 0 Å². The number of rotatable bonds is 3. The van der Waals surface area contributed by atoms with Gasteiger partial charge in [0.15, 0.2) is 0 Å². The number of esters is 1. The minimum Gasteiger partial charge on any atom is -0.467 e. The molecule has 0 spiro atoms. The van der Waals surface area contributed by atoms with Crippen molar-refractivity contribution in [1.82, 2.24) is 5.06 Å². The van der Waals surface area contributed by atoms with E-state index in [9.17, 15) is 10.1 Å². The first-order valence-electron chi connectivity index (χ1n) is 5.51. The highest BCUT2D eigenvalue weighted by molar-refractivity contribution is 5.89. The summed E-state index contributed by atoms with van der Waals surface area (Å²) in [5.41, 5.74) is 0.608. The van der Waals surface area contributed by atoms with E-state index in [4.69, 9.17) is 9.57 Å². The number of nitriles is 1. The third kappa shape index (κ3) is 1.58. The van der Waals surface area contributed by atoms with Crippen molar-refractivity contribution in [3.8, 4) is 6.07 Å². The number of methoxy groups -OCH3 is 1. The van der Waals surface area contributed by atoms with Crippen LogP contribution in [0.15, 0.2) is 24.3 Å². The third-order valence-electron chi connectivity index (χ3n) is 3.17. The molecule has 3 unspecified atom stereocenters. The quantitative estimate of drug-likeness (QED) is 0.595. The number of carbonyl (C=O) groups is 1. The topological polar surface area (TPSA) is 62.3 Å². The number of hydrogen-bond donors (Lipinski definition) is 0. The van der Waals surface area contributed by atoms with E-state index in [-0.39, 0.29) is 0 Å². The second-order valence-electron chi connectivity index (χ2n) is 4.19. The van der Waals surface area contributed by atoms with Crippen LogP contribution in [-0.4, -0.2) is 30.8 Å². The average molecular weight is 246 g/mol. The molecule has 18 heavy (non-hydrogen) atoms. The Bertz CT molecular complexity index is 506. The van der Waals surface area contributed by atoms with Gasteiger partial charge in [0.1, 0.15) is 12.1 Å². The number of ether oxygens (including phenoxy) is 1. The standard InChI is InChI=1S/C13H14N2O3/c1-9-4-6-10(7-5-9)11-13(8-14,12(16)17-2)15(11)18-3/h4-7,11H,1-3H3. The average Bonchev–Trinajstić information content (AvgIpc) is 3.07. The predicted molar refractivity (Wildman–Crippen MR) is 63.1 cm³/mol. The summed E-state index contributed by atoms with van der Waals surface area (Å²) in [6.45, 7) is 1.97. The lowest BCUT2D eigenvalue weighted by Crippen LogP contribution is -2.29. The molecule has 1 aliphatic rings. The predicted octanol–water partition coefficient (Wildman–Crippen LogP) is 1.35. The minimum absolute atomic E-state index is 0.416. The summed E-state index contributed by atoms with van der Waals surface area (Å²) in [6.07, 6.45) is 0. The molecule has 5 nitrogen and oxygen atoms in total. The van der Waals surface area contributed by atoms with Crippen LogP contribution in [0, 0.1) is 18.3 Å². The van der Waals surface area contributed by atoms with E-state index < -0.39 is 17.6 Å². The van der Waals surface area contributed by atoms with Gasteiger partial charge < -0.3 is 4.74 Å². The maximum Gasteiger partial charge on any atom is 0.345 e. The number of aryl methyl sites for hydroxylation is 1. The molecule has 0 aromatic heterocycles. The molecule has 1 fully saturated rings. The van der Waals surface area contributed by atoms with E-state index >= 15 is 0 Å². The summed E-state index contributed by atoms with van der Waals surface area (Å²) in [6, 6.07) is 9.21. The lowest BCUT2D eigenvalue weighted by Gasteiger charge is -2.04. The smallest absolute Gasteiger partial charge is 0.345 e. The molecule has 0 aliphatic carbocycles. The molecule has 1 saturated heterocycles. The van der Waals surface area contributed by atoms with Crippen LogP contribution in [0.5, 0.6) is 0 Å². The van der Waals surface area contributed by atoms with Gasteiger partial charge in [-0.1, -0.05) is 29.8 Å². The van der Waals surface area contributed by atoms with Crippen LogP contribution in [0.3, 0.4) is 0 Å². The van der Waals surface area contributed by atoms with Crippen LogP contribution in [0.2, 0.25) is 0 Å². The van der Waals surface area contributed by atoms with Crippen molar-refractivity contribution in [2.24, 2.45) is 0 Å². The van der Waals surface area contributed by atoms with Gasteiger partial charge in [0.05, 0.1) is 14.2 Å². The van der Waals surface area contributed by atoms with Gasteiger partial charge in [0.25, 0.3) is 5.54 Å². The van der Waals surface area contributed by atoms with Crippen molar-refractivity contribution < 1.29 is 14.4 Å². The molecule has 0 bridgehead atoms. The van der Waals surface area contributed by atoms with Gasteiger partial charge in [0.2, 0.25) is 0 Å². The van der Waals surface area contributed by atoms with Crippen LogP contribution in [0.25, 0.3) is 0 Å². The molecule has 1 aromatic rings. The lowest BCUT2D eigenvalue weighted by molar-refractivity contribution is -0.149. The Hall–Kier alpha value is -1.90. The molecule has 0 saturated carbocycles. The molecule has 1 aliphatic heterocycles. The SMILES string of the molecule is COC(=O)C1(C#N)C(c2ccc(C)cc2)N1OC. The highest BCUT2D eigenvalue weighted by atomic mass is 16.7. The van der Waals surface area contributed by atoms with Gasteiger partial charge >= 0.3 is 5.97 Å².